The molecular weight excluding hydrogens is 300 g/mol. The van der Waals surface area contributed by atoms with Crippen molar-refractivity contribution in [3.8, 4) is 0 Å². The Balaban J connectivity index is 1.75. The first kappa shape index (κ1) is 14.8. The molecule has 0 amide bonds. The lowest BCUT2D eigenvalue weighted by Gasteiger charge is -2.08. The Labute approximate surface area is 129 Å². The molecule has 0 saturated carbocycles. The summed E-state index contributed by atoms with van der Waals surface area (Å²) in [5.41, 5.74) is 0.899. The minimum atomic E-state index is -3.48. The van der Waals surface area contributed by atoms with Crippen LogP contribution in [0.1, 0.15) is 18.1 Å². The first-order chi connectivity index (χ1) is 10.6. The van der Waals surface area contributed by atoms with Crippen LogP contribution in [0.4, 0.5) is 0 Å². The van der Waals surface area contributed by atoms with E-state index in [4.69, 9.17) is 4.74 Å². The molecule has 1 saturated heterocycles. The number of carbonyl (C=O) groups excluding carboxylic acids is 1. The van der Waals surface area contributed by atoms with Gasteiger partial charge in [0.2, 0.25) is 0 Å². The zero-order valence-electron chi connectivity index (χ0n) is 11.9. The Morgan fingerprint density at radius 3 is 2.18 bits per heavy atom. The van der Waals surface area contributed by atoms with E-state index in [0.29, 0.717) is 6.42 Å². The fourth-order valence-electron chi connectivity index (χ4n) is 2.64. The number of rotatable bonds is 4. The van der Waals surface area contributed by atoms with Crippen molar-refractivity contribution < 1.29 is 17.9 Å². The van der Waals surface area contributed by atoms with Crippen molar-refractivity contribution in [2.24, 2.45) is 5.92 Å². The van der Waals surface area contributed by atoms with E-state index >= 15 is 0 Å². The standard InChI is InChI=1S/C17H16O4S/c18-17-14(11-16(21-17)13-7-3-1-4-8-13)12-22(19,20)15-9-5-2-6-10-15/h1-10,14,16H,11-12H2. The fraction of sp³-hybridized carbons (Fsp3) is 0.235. The molecule has 1 aliphatic rings. The van der Waals surface area contributed by atoms with Gasteiger partial charge in [-0.1, -0.05) is 48.5 Å². The van der Waals surface area contributed by atoms with Crippen LogP contribution in [0.3, 0.4) is 0 Å². The van der Waals surface area contributed by atoms with E-state index < -0.39 is 21.7 Å². The second-order valence-electron chi connectivity index (χ2n) is 5.36. The van der Waals surface area contributed by atoms with Crippen molar-refractivity contribution in [3.63, 3.8) is 0 Å². The molecule has 22 heavy (non-hydrogen) atoms. The van der Waals surface area contributed by atoms with E-state index in [0.717, 1.165) is 5.56 Å². The topological polar surface area (TPSA) is 60.4 Å². The van der Waals surface area contributed by atoms with Crippen molar-refractivity contribution >= 4 is 15.8 Å². The molecule has 114 valence electrons. The number of sulfone groups is 1. The average Bonchev–Trinajstić information content (AvgIpc) is 2.89. The van der Waals surface area contributed by atoms with E-state index in [2.05, 4.69) is 0 Å². The van der Waals surface area contributed by atoms with Crippen LogP contribution >= 0.6 is 0 Å². The van der Waals surface area contributed by atoms with E-state index in [9.17, 15) is 13.2 Å². The lowest BCUT2D eigenvalue weighted by molar-refractivity contribution is -0.144. The van der Waals surface area contributed by atoms with Gasteiger partial charge in [0.1, 0.15) is 6.10 Å². The molecule has 2 atom stereocenters. The molecule has 2 aromatic rings. The van der Waals surface area contributed by atoms with Gasteiger partial charge < -0.3 is 4.74 Å². The first-order valence-electron chi connectivity index (χ1n) is 7.09. The van der Waals surface area contributed by atoms with Crippen LogP contribution < -0.4 is 0 Å². The third kappa shape index (κ3) is 3.04. The molecule has 0 aliphatic carbocycles. The molecule has 2 aromatic carbocycles. The SMILES string of the molecule is O=C1OC(c2ccccc2)CC1CS(=O)(=O)c1ccccc1. The number of hydrogen-bond donors (Lipinski definition) is 0. The highest BCUT2D eigenvalue weighted by Gasteiger charge is 2.38. The second-order valence-corrected chi connectivity index (χ2v) is 7.40. The lowest BCUT2D eigenvalue weighted by Crippen LogP contribution is -2.20. The van der Waals surface area contributed by atoms with Gasteiger partial charge in [0.15, 0.2) is 9.84 Å². The number of carbonyl (C=O) groups is 1. The smallest absolute Gasteiger partial charge is 0.310 e. The lowest BCUT2D eigenvalue weighted by atomic mass is 10.0. The first-order valence-corrected chi connectivity index (χ1v) is 8.75. The highest BCUT2D eigenvalue weighted by Crippen LogP contribution is 2.34. The van der Waals surface area contributed by atoms with Gasteiger partial charge in [0.05, 0.1) is 16.6 Å². The van der Waals surface area contributed by atoms with Gasteiger partial charge in [-0.15, -0.1) is 0 Å². The third-order valence-electron chi connectivity index (χ3n) is 3.78. The molecule has 5 heteroatoms. The van der Waals surface area contributed by atoms with E-state index in [1.165, 1.54) is 0 Å². The molecular formula is C17H16O4S. The van der Waals surface area contributed by atoms with Crippen LogP contribution in [-0.2, 0) is 19.4 Å². The summed E-state index contributed by atoms with van der Waals surface area (Å²) >= 11 is 0. The monoisotopic (exact) mass is 316 g/mol. The van der Waals surface area contributed by atoms with Crippen molar-refractivity contribution in [3.05, 3.63) is 66.2 Å². The Hall–Kier alpha value is -2.14. The number of benzene rings is 2. The van der Waals surface area contributed by atoms with Gasteiger partial charge in [0, 0.05) is 6.42 Å². The molecule has 0 aromatic heterocycles. The summed E-state index contributed by atoms with van der Waals surface area (Å²) in [6.07, 6.45) is 0.0409. The van der Waals surface area contributed by atoms with Gasteiger partial charge in [-0.2, -0.15) is 0 Å². The largest absolute Gasteiger partial charge is 0.457 e. The number of ether oxygens (including phenoxy) is 1. The van der Waals surface area contributed by atoms with Gasteiger partial charge in [-0.25, -0.2) is 8.42 Å². The molecule has 0 radical (unpaired) electrons. The fourth-order valence-corrected chi connectivity index (χ4v) is 4.20. The summed E-state index contributed by atoms with van der Waals surface area (Å²) in [6, 6.07) is 17.6. The van der Waals surface area contributed by atoms with Gasteiger partial charge in [-0.05, 0) is 17.7 Å². The van der Waals surface area contributed by atoms with Gasteiger partial charge >= 0.3 is 5.97 Å². The van der Waals surface area contributed by atoms with Crippen LogP contribution in [0.2, 0.25) is 0 Å². The Morgan fingerprint density at radius 1 is 0.955 bits per heavy atom. The van der Waals surface area contributed by atoms with Crippen LogP contribution in [-0.4, -0.2) is 20.1 Å². The predicted octanol–water partition coefficient (Wildman–Crippen LogP) is 2.76. The normalized spacial score (nSPS) is 21.5. The zero-order chi connectivity index (χ0) is 15.6. The zero-order valence-corrected chi connectivity index (χ0v) is 12.7. The maximum Gasteiger partial charge on any atom is 0.310 e. The summed E-state index contributed by atoms with van der Waals surface area (Å²) in [5, 5.41) is 0. The van der Waals surface area contributed by atoms with Crippen molar-refractivity contribution in [1.82, 2.24) is 0 Å². The summed E-state index contributed by atoms with van der Waals surface area (Å²) < 4.78 is 30.1. The van der Waals surface area contributed by atoms with E-state index in [1.54, 1.807) is 30.3 Å². The Bertz CT molecular complexity index is 754. The molecule has 3 rings (SSSR count). The van der Waals surface area contributed by atoms with Crippen LogP contribution in [0.5, 0.6) is 0 Å². The summed E-state index contributed by atoms with van der Waals surface area (Å²) in [7, 11) is -3.48. The number of esters is 1. The minimum Gasteiger partial charge on any atom is -0.457 e. The number of hydrogen-bond acceptors (Lipinski definition) is 4. The molecule has 2 unspecified atom stereocenters. The molecule has 4 nitrogen and oxygen atoms in total. The Kier molecular flexibility index (Phi) is 3.98. The molecule has 1 fully saturated rings. The van der Waals surface area contributed by atoms with Gasteiger partial charge in [-0.3, -0.25) is 4.79 Å². The summed E-state index contributed by atoms with van der Waals surface area (Å²) in [4.78, 5) is 12.2. The Morgan fingerprint density at radius 2 is 1.55 bits per heavy atom. The molecule has 0 bridgehead atoms. The van der Waals surface area contributed by atoms with Crippen LogP contribution in [0.25, 0.3) is 0 Å². The molecule has 1 aliphatic heterocycles. The maximum atomic E-state index is 12.4. The second kappa shape index (κ2) is 5.93. The molecule has 0 N–H and O–H groups in total. The average molecular weight is 316 g/mol. The molecule has 0 spiro atoms. The van der Waals surface area contributed by atoms with Crippen LogP contribution in [0, 0.1) is 5.92 Å². The minimum absolute atomic E-state index is 0.209. The van der Waals surface area contributed by atoms with Crippen molar-refractivity contribution in [2.45, 2.75) is 17.4 Å². The summed E-state index contributed by atoms with van der Waals surface area (Å²) in [6.45, 7) is 0. The highest BCUT2D eigenvalue weighted by molar-refractivity contribution is 7.91. The third-order valence-corrected chi connectivity index (χ3v) is 5.62. The summed E-state index contributed by atoms with van der Waals surface area (Å²) in [5.74, 6) is -1.26. The van der Waals surface area contributed by atoms with Crippen molar-refractivity contribution in [2.75, 3.05) is 5.75 Å². The van der Waals surface area contributed by atoms with E-state index in [-0.39, 0.29) is 16.8 Å². The predicted molar refractivity (Wildman–Crippen MR) is 81.9 cm³/mol. The van der Waals surface area contributed by atoms with Crippen LogP contribution in [0.15, 0.2) is 65.6 Å². The maximum absolute atomic E-state index is 12.4. The van der Waals surface area contributed by atoms with Crippen molar-refractivity contribution in [1.29, 1.82) is 0 Å². The molecule has 1 heterocycles. The highest BCUT2D eigenvalue weighted by atomic mass is 32.2. The quantitative estimate of drug-likeness (QED) is 0.814. The van der Waals surface area contributed by atoms with E-state index in [1.807, 2.05) is 30.3 Å². The number of cyclic esters (lactones) is 1. The van der Waals surface area contributed by atoms with Gasteiger partial charge in [0.25, 0.3) is 0 Å².